The smallest absolute Gasteiger partial charge is 0.330 e. The largest absolute Gasteiger partial charge is 0.468 e. The molecule has 1 saturated heterocycles. The lowest BCUT2D eigenvalue weighted by atomic mass is 9.79. The van der Waals surface area contributed by atoms with Crippen LogP contribution in [0.1, 0.15) is 11.1 Å². The molecule has 5 nitrogen and oxygen atoms in total. The minimum absolute atomic E-state index is 0.456. The zero-order valence-electron chi connectivity index (χ0n) is 17.1. The lowest BCUT2D eigenvalue weighted by Gasteiger charge is -2.28. The van der Waals surface area contributed by atoms with E-state index < -0.39 is 27.5 Å². The van der Waals surface area contributed by atoms with E-state index in [1.54, 1.807) is 0 Å². The Morgan fingerprint density at radius 2 is 1.35 bits per heavy atom. The molecular weight excluding hydrogens is 410 g/mol. The van der Waals surface area contributed by atoms with Crippen molar-refractivity contribution in [1.29, 1.82) is 0 Å². The molecule has 1 aliphatic carbocycles. The highest BCUT2D eigenvalue weighted by Crippen LogP contribution is 2.79. The van der Waals surface area contributed by atoms with Crippen LogP contribution in [0.2, 0.25) is 0 Å². The molecule has 0 aromatic heterocycles. The maximum Gasteiger partial charge on any atom is 0.330 e. The van der Waals surface area contributed by atoms with Crippen molar-refractivity contribution in [1.82, 2.24) is 0 Å². The molecule has 0 unspecified atom stereocenters. The second kappa shape index (κ2) is 7.17. The van der Waals surface area contributed by atoms with Crippen molar-refractivity contribution < 1.29 is 19.1 Å². The third-order valence-electron chi connectivity index (χ3n) is 6.12. The first-order valence-electron chi connectivity index (χ1n) is 9.97. The number of para-hydroxylation sites is 1. The van der Waals surface area contributed by atoms with Gasteiger partial charge in [0.2, 0.25) is 0 Å². The second-order valence-electron chi connectivity index (χ2n) is 7.57. The van der Waals surface area contributed by atoms with Gasteiger partial charge in [-0.3, -0.25) is 4.79 Å². The van der Waals surface area contributed by atoms with Gasteiger partial charge in [-0.1, -0.05) is 66.7 Å². The number of anilines is 1. The van der Waals surface area contributed by atoms with E-state index in [-0.39, 0.29) is 0 Å². The van der Waals surface area contributed by atoms with Gasteiger partial charge in [0, 0.05) is 5.69 Å². The summed E-state index contributed by atoms with van der Waals surface area (Å²) in [6, 6.07) is 24.5. The van der Waals surface area contributed by atoms with E-state index in [2.05, 4.69) is 17.4 Å². The number of rotatable bonds is 5. The van der Waals surface area contributed by atoms with Gasteiger partial charge < -0.3 is 14.8 Å². The second-order valence-corrected chi connectivity index (χ2v) is 9.03. The topological polar surface area (TPSA) is 64.6 Å². The minimum atomic E-state index is -1.21. The van der Waals surface area contributed by atoms with Crippen molar-refractivity contribution in [3.63, 3.8) is 0 Å². The predicted octanol–water partition coefficient (Wildman–Crippen LogP) is 4.22. The molecule has 1 heterocycles. The summed E-state index contributed by atoms with van der Waals surface area (Å²) in [4.78, 5) is 26.5. The highest BCUT2D eigenvalue weighted by atomic mass is 32.2. The normalized spacial score (nSPS) is 20.3. The Labute approximate surface area is 184 Å². The maximum absolute atomic E-state index is 13.4. The molecule has 2 aliphatic rings. The van der Waals surface area contributed by atoms with Crippen LogP contribution in [0.4, 0.5) is 5.69 Å². The number of methoxy groups -OCH3 is 2. The standard InChI is InChI=1S/C25H21NO4S/c1-29-22(27)21(26-16-10-4-3-5-11-16)25(23(28)30-2)24(31-25)19-14-8-6-12-17(19)18-13-7-9-15-20(18)24/h3-15,21,26H,1-2H3/t21-,25+/m1/s1. The van der Waals surface area contributed by atoms with Crippen molar-refractivity contribution in [2.45, 2.75) is 15.5 Å². The minimum Gasteiger partial charge on any atom is -0.468 e. The summed E-state index contributed by atoms with van der Waals surface area (Å²) in [7, 11) is 2.70. The quantitative estimate of drug-likeness (QED) is 0.482. The van der Waals surface area contributed by atoms with Crippen molar-refractivity contribution in [3.8, 4) is 11.1 Å². The van der Waals surface area contributed by atoms with Gasteiger partial charge in [-0.25, -0.2) is 4.79 Å². The first-order valence-corrected chi connectivity index (χ1v) is 10.8. The molecule has 2 atom stereocenters. The molecule has 1 N–H and O–H groups in total. The average molecular weight is 432 g/mol. The number of ether oxygens (including phenoxy) is 2. The number of benzene rings is 3. The van der Waals surface area contributed by atoms with Gasteiger partial charge in [-0.15, -0.1) is 11.8 Å². The Balaban J connectivity index is 1.73. The van der Waals surface area contributed by atoms with Gasteiger partial charge in [-0.05, 0) is 34.4 Å². The number of carbonyl (C=O) groups is 2. The summed E-state index contributed by atoms with van der Waals surface area (Å²) in [5.74, 6) is -0.969. The molecule has 3 aromatic carbocycles. The van der Waals surface area contributed by atoms with E-state index >= 15 is 0 Å². The summed E-state index contributed by atoms with van der Waals surface area (Å²) >= 11 is 1.45. The molecule has 0 radical (unpaired) electrons. The summed E-state index contributed by atoms with van der Waals surface area (Å²) in [6.45, 7) is 0. The molecular formula is C25H21NO4S. The molecule has 0 amide bonds. The zero-order chi connectivity index (χ0) is 21.6. The fraction of sp³-hybridized carbons (Fsp3) is 0.200. The van der Waals surface area contributed by atoms with Gasteiger partial charge in [0.15, 0.2) is 10.8 Å². The maximum atomic E-state index is 13.4. The molecule has 0 bridgehead atoms. The van der Waals surface area contributed by atoms with Crippen LogP contribution in [0.3, 0.4) is 0 Å². The van der Waals surface area contributed by atoms with Crippen LogP contribution >= 0.6 is 11.8 Å². The van der Waals surface area contributed by atoms with Gasteiger partial charge in [0.1, 0.15) is 0 Å². The first-order chi connectivity index (χ1) is 15.1. The fourth-order valence-corrected chi connectivity index (χ4v) is 6.65. The number of esters is 2. The van der Waals surface area contributed by atoms with E-state index in [0.717, 1.165) is 27.9 Å². The van der Waals surface area contributed by atoms with Crippen LogP contribution in [0.25, 0.3) is 11.1 Å². The highest BCUT2D eigenvalue weighted by molar-refractivity contribution is 8.10. The van der Waals surface area contributed by atoms with E-state index in [1.165, 1.54) is 26.0 Å². The van der Waals surface area contributed by atoms with Gasteiger partial charge >= 0.3 is 11.9 Å². The van der Waals surface area contributed by atoms with Crippen LogP contribution in [0.5, 0.6) is 0 Å². The van der Waals surface area contributed by atoms with Gasteiger partial charge in [0.25, 0.3) is 0 Å². The molecule has 31 heavy (non-hydrogen) atoms. The van der Waals surface area contributed by atoms with E-state index in [4.69, 9.17) is 9.47 Å². The van der Waals surface area contributed by atoms with Crippen molar-refractivity contribution in [2.24, 2.45) is 0 Å². The molecule has 5 rings (SSSR count). The van der Waals surface area contributed by atoms with Crippen LogP contribution in [0, 0.1) is 0 Å². The summed E-state index contributed by atoms with van der Waals surface area (Å²) in [5.41, 5.74) is 4.88. The summed E-state index contributed by atoms with van der Waals surface area (Å²) in [5, 5.41) is 3.26. The number of carbonyl (C=O) groups excluding carboxylic acids is 2. The molecule has 156 valence electrons. The third-order valence-corrected chi connectivity index (χ3v) is 8.01. The Morgan fingerprint density at radius 3 is 1.90 bits per heavy atom. The lowest BCUT2D eigenvalue weighted by molar-refractivity contribution is -0.150. The molecule has 1 fully saturated rings. The van der Waals surface area contributed by atoms with Crippen LogP contribution in [0.15, 0.2) is 78.9 Å². The van der Waals surface area contributed by atoms with Crippen LogP contribution in [-0.2, 0) is 23.8 Å². The SMILES string of the molecule is COC(=O)[C@@H](Nc1ccccc1)[C@@]1(C(=O)OC)SC12c1ccccc1-c1ccccc12. The van der Waals surface area contributed by atoms with Crippen LogP contribution in [-0.4, -0.2) is 36.9 Å². The average Bonchev–Trinajstić information content (AvgIpc) is 3.45. The third kappa shape index (κ3) is 2.58. The molecule has 6 heteroatoms. The van der Waals surface area contributed by atoms with Gasteiger partial charge in [0.05, 0.1) is 19.0 Å². The first kappa shape index (κ1) is 19.7. The Bertz CT molecular complexity index is 1130. The molecule has 1 aliphatic heterocycles. The van der Waals surface area contributed by atoms with E-state index in [0.29, 0.717) is 0 Å². The van der Waals surface area contributed by atoms with Crippen LogP contribution < -0.4 is 5.32 Å². The van der Waals surface area contributed by atoms with Gasteiger partial charge in [-0.2, -0.15) is 0 Å². The molecule has 3 aromatic rings. The summed E-state index contributed by atoms with van der Waals surface area (Å²) < 4.78 is 8.50. The summed E-state index contributed by atoms with van der Waals surface area (Å²) in [6.07, 6.45) is 0. The Kier molecular flexibility index (Phi) is 4.55. The fourth-order valence-electron chi connectivity index (χ4n) is 4.78. The Morgan fingerprint density at radius 1 is 0.806 bits per heavy atom. The number of nitrogens with one attached hydrogen (secondary N) is 1. The number of hydrogen-bond donors (Lipinski definition) is 1. The predicted molar refractivity (Wildman–Crippen MR) is 121 cm³/mol. The number of thioether (sulfide) groups is 1. The van der Waals surface area contributed by atoms with Crippen molar-refractivity contribution in [2.75, 3.05) is 19.5 Å². The number of fused-ring (bicyclic) bond motifs is 5. The van der Waals surface area contributed by atoms with Crippen molar-refractivity contribution >= 4 is 29.4 Å². The number of hydrogen-bond acceptors (Lipinski definition) is 6. The van der Waals surface area contributed by atoms with E-state index in [9.17, 15) is 9.59 Å². The lowest BCUT2D eigenvalue weighted by Crippen LogP contribution is -2.52. The monoisotopic (exact) mass is 431 g/mol. The van der Waals surface area contributed by atoms with E-state index in [1.807, 2.05) is 66.7 Å². The van der Waals surface area contributed by atoms with Crippen molar-refractivity contribution in [3.05, 3.63) is 90.0 Å². The highest BCUT2D eigenvalue weighted by Gasteiger charge is 2.82. The zero-order valence-corrected chi connectivity index (χ0v) is 17.9. The molecule has 0 saturated carbocycles. The molecule has 1 spiro atoms. The Hall–Kier alpha value is -3.25.